The van der Waals surface area contributed by atoms with Crippen molar-refractivity contribution in [1.82, 2.24) is 0 Å². The molecule has 0 fully saturated rings. The largest absolute Gasteiger partial charge is 0.378 e. The summed E-state index contributed by atoms with van der Waals surface area (Å²) in [5.74, 6) is 0.105. The molecule has 1 rings (SSSR count). The van der Waals surface area contributed by atoms with Crippen molar-refractivity contribution in [2.24, 2.45) is 5.92 Å². The van der Waals surface area contributed by atoms with E-state index < -0.39 is 0 Å². The minimum absolute atomic E-state index is 0.0526. The summed E-state index contributed by atoms with van der Waals surface area (Å²) in [5.41, 5.74) is 1.16. The van der Waals surface area contributed by atoms with Crippen LogP contribution < -0.4 is 0 Å². The summed E-state index contributed by atoms with van der Waals surface area (Å²) in [6.07, 6.45) is 3.53. The van der Waals surface area contributed by atoms with Gasteiger partial charge in [0, 0.05) is 13.0 Å². The lowest BCUT2D eigenvalue weighted by Crippen LogP contribution is -2.30. The van der Waals surface area contributed by atoms with Crippen molar-refractivity contribution in [3.63, 3.8) is 0 Å². The van der Waals surface area contributed by atoms with Gasteiger partial charge in [0.05, 0.1) is 32.5 Å². The summed E-state index contributed by atoms with van der Waals surface area (Å²) >= 11 is 0. The molecule has 0 amide bonds. The highest BCUT2D eigenvalue weighted by Gasteiger charge is 2.18. The van der Waals surface area contributed by atoms with Gasteiger partial charge in [0.1, 0.15) is 0 Å². The molecule has 0 radical (unpaired) electrons. The van der Waals surface area contributed by atoms with Crippen LogP contribution in [-0.2, 0) is 20.8 Å². The smallest absolute Gasteiger partial charge is 0.0889 e. The van der Waals surface area contributed by atoms with Crippen LogP contribution in [0.4, 0.5) is 0 Å². The van der Waals surface area contributed by atoms with Gasteiger partial charge in [-0.2, -0.15) is 0 Å². The molecule has 0 aromatic heterocycles. The van der Waals surface area contributed by atoms with E-state index in [0.717, 1.165) is 5.56 Å². The van der Waals surface area contributed by atoms with Crippen LogP contribution in [0, 0.1) is 5.92 Å². The van der Waals surface area contributed by atoms with Gasteiger partial charge in [0.15, 0.2) is 0 Å². The summed E-state index contributed by atoms with van der Waals surface area (Å²) in [6, 6.07) is 10.1. The molecule has 0 aliphatic rings. The Kier molecular flexibility index (Phi) is 8.63. The van der Waals surface area contributed by atoms with Crippen molar-refractivity contribution < 1.29 is 14.2 Å². The van der Waals surface area contributed by atoms with Gasteiger partial charge >= 0.3 is 0 Å². The van der Waals surface area contributed by atoms with E-state index in [1.54, 1.807) is 13.2 Å². The van der Waals surface area contributed by atoms with Gasteiger partial charge in [-0.15, -0.1) is 13.2 Å². The molecule has 3 heteroatoms. The van der Waals surface area contributed by atoms with Crippen molar-refractivity contribution in [3.8, 4) is 0 Å². The van der Waals surface area contributed by atoms with Crippen LogP contribution in [0.2, 0.25) is 0 Å². The second kappa shape index (κ2) is 10.4. The topological polar surface area (TPSA) is 27.7 Å². The molecular formula is C17H24O3. The first-order chi connectivity index (χ1) is 9.81. The lowest BCUT2D eigenvalue weighted by Gasteiger charge is -2.23. The van der Waals surface area contributed by atoms with Crippen LogP contribution in [-0.4, -0.2) is 33.0 Å². The summed E-state index contributed by atoms with van der Waals surface area (Å²) in [4.78, 5) is 0. The Morgan fingerprint density at radius 3 is 2.45 bits per heavy atom. The minimum Gasteiger partial charge on any atom is -0.378 e. The average Bonchev–Trinajstić information content (AvgIpc) is 2.50. The van der Waals surface area contributed by atoms with E-state index in [0.29, 0.717) is 26.4 Å². The van der Waals surface area contributed by atoms with E-state index in [9.17, 15) is 0 Å². The first-order valence-electron chi connectivity index (χ1n) is 6.77. The molecule has 0 saturated carbocycles. The Morgan fingerprint density at radius 1 is 1.10 bits per heavy atom. The van der Waals surface area contributed by atoms with Crippen LogP contribution in [0.25, 0.3) is 0 Å². The summed E-state index contributed by atoms with van der Waals surface area (Å²) < 4.78 is 16.6. The number of methoxy groups -OCH3 is 1. The molecule has 1 aromatic carbocycles. The highest BCUT2D eigenvalue weighted by molar-refractivity contribution is 5.13. The molecular weight excluding hydrogens is 252 g/mol. The Balaban J connectivity index is 2.36. The first-order valence-corrected chi connectivity index (χ1v) is 6.77. The standard InChI is InChI=1S/C17H24O3/c1-4-11-19-14-17(18-3)16(5-2)13-20-12-15-9-7-6-8-10-15/h4-10,16-17H,1-2,11-14H2,3H3/t16-,17+/m1/s1. The van der Waals surface area contributed by atoms with E-state index in [4.69, 9.17) is 14.2 Å². The minimum atomic E-state index is -0.0526. The molecule has 2 atom stereocenters. The van der Waals surface area contributed by atoms with Crippen molar-refractivity contribution >= 4 is 0 Å². The summed E-state index contributed by atoms with van der Waals surface area (Å²) in [6.45, 7) is 9.66. The van der Waals surface area contributed by atoms with Gasteiger partial charge in [-0.25, -0.2) is 0 Å². The fourth-order valence-electron chi connectivity index (χ4n) is 1.85. The van der Waals surface area contributed by atoms with Gasteiger partial charge in [-0.1, -0.05) is 42.5 Å². The normalized spacial score (nSPS) is 13.7. The van der Waals surface area contributed by atoms with Gasteiger partial charge in [0.2, 0.25) is 0 Å². The predicted molar refractivity (Wildman–Crippen MR) is 81.6 cm³/mol. The highest BCUT2D eigenvalue weighted by Crippen LogP contribution is 2.12. The number of rotatable bonds is 11. The second-order valence-corrected chi connectivity index (χ2v) is 4.50. The van der Waals surface area contributed by atoms with Crippen molar-refractivity contribution in [3.05, 3.63) is 61.2 Å². The van der Waals surface area contributed by atoms with E-state index in [2.05, 4.69) is 13.2 Å². The number of hydrogen-bond acceptors (Lipinski definition) is 3. The van der Waals surface area contributed by atoms with Crippen LogP contribution in [0.5, 0.6) is 0 Å². The molecule has 0 unspecified atom stereocenters. The van der Waals surface area contributed by atoms with E-state index in [-0.39, 0.29) is 12.0 Å². The van der Waals surface area contributed by atoms with E-state index >= 15 is 0 Å². The zero-order chi connectivity index (χ0) is 14.6. The van der Waals surface area contributed by atoms with Crippen molar-refractivity contribution in [2.45, 2.75) is 12.7 Å². The maximum atomic E-state index is 5.73. The second-order valence-electron chi connectivity index (χ2n) is 4.50. The molecule has 0 aliphatic heterocycles. The Morgan fingerprint density at radius 2 is 1.85 bits per heavy atom. The highest BCUT2D eigenvalue weighted by atomic mass is 16.5. The van der Waals surface area contributed by atoms with Crippen LogP contribution in [0.1, 0.15) is 5.56 Å². The Bertz CT molecular complexity index is 375. The van der Waals surface area contributed by atoms with Gasteiger partial charge in [0.25, 0.3) is 0 Å². The fourth-order valence-corrected chi connectivity index (χ4v) is 1.85. The van der Waals surface area contributed by atoms with Gasteiger partial charge in [-0.3, -0.25) is 0 Å². The molecule has 3 nitrogen and oxygen atoms in total. The molecule has 0 spiro atoms. The van der Waals surface area contributed by atoms with Crippen LogP contribution >= 0.6 is 0 Å². The third kappa shape index (κ3) is 6.15. The Labute approximate surface area is 121 Å². The van der Waals surface area contributed by atoms with Crippen LogP contribution in [0.3, 0.4) is 0 Å². The summed E-state index contributed by atoms with van der Waals surface area (Å²) in [7, 11) is 1.68. The first kappa shape index (κ1) is 16.6. The quantitative estimate of drug-likeness (QED) is 0.459. The molecule has 0 N–H and O–H groups in total. The Hall–Kier alpha value is -1.42. The zero-order valence-corrected chi connectivity index (χ0v) is 12.2. The fraction of sp³-hybridized carbons (Fsp3) is 0.412. The number of benzene rings is 1. The van der Waals surface area contributed by atoms with E-state index in [1.807, 2.05) is 36.4 Å². The van der Waals surface area contributed by atoms with Gasteiger partial charge < -0.3 is 14.2 Å². The van der Waals surface area contributed by atoms with Crippen LogP contribution in [0.15, 0.2) is 55.6 Å². The van der Waals surface area contributed by atoms with Crippen molar-refractivity contribution in [2.75, 3.05) is 26.9 Å². The molecule has 0 heterocycles. The molecule has 110 valence electrons. The molecule has 0 saturated heterocycles. The lowest BCUT2D eigenvalue weighted by molar-refractivity contribution is -0.0308. The maximum absolute atomic E-state index is 5.73. The number of hydrogen-bond donors (Lipinski definition) is 0. The van der Waals surface area contributed by atoms with Gasteiger partial charge in [-0.05, 0) is 5.56 Å². The molecule has 1 aromatic rings. The van der Waals surface area contributed by atoms with Crippen molar-refractivity contribution in [1.29, 1.82) is 0 Å². The van der Waals surface area contributed by atoms with E-state index in [1.165, 1.54) is 0 Å². The molecule has 20 heavy (non-hydrogen) atoms. The third-order valence-corrected chi connectivity index (χ3v) is 3.02. The monoisotopic (exact) mass is 276 g/mol. The average molecular weight is 276 g/mol. The number of ether oxygens (including phenoxy) is 3. The maximum Gasteiger partial charge on any atom is 0.0889 e. The molecule has 0 bridgehead atoms. The third-order valence-electron chi connectivity index (χ3n) is 3.02. The summed E-state index contributed by atoms with van der Waals surface area (Å²) in [5, 5.41) is 0. The SMILES string of the molecule is C=CCOC[C@H](OC)[C@H](C=C)COCc1ccccc1. The lowest BCUT2D eigenvalue weighted by atomic mass is 10.0. The predicted octanol–water partition coefficient (Wildman–Crippen LogP) is 3.22. The molecule has 0 aliphatic carbocycles. The zero-order valence-electron chi connectivity index (χ0n) is 12.2.